The maximum Gasteiger partial charge on any atom is 0.357 e. The third kappa shape index (κ3) is 4.94. The number of halogens is 3. The summed E-state index contributed by atoms with van der Waals surface area (Å²) in [5.41, 5.74) is 4.23. The SMILES string of the molecule is Cc1ccc(Cl)c(-c2noc(C3CC3)c2COc2ccc(C3(O)CC(c4ccc5c(C(=O)O)nn(C)c5c4)C3)c(Cl)c2)c1Cl. The van der Waals surface area contributed by atoms with Crippen LogP contribution in [0.3, 0.4) is 0 Å². The van der Waals surface area contributed by atoms with E-state index in [1.807, 2.05) is 31.2 Å². The lowest BCUT2D eigenvalue weighted by Gasteiger charge is -2.44. The molecule has 2 aliphatic carbocycles. The first-order valence-electron chi connectivity index (χ1n) is 14.3. The lowest BCUT2D eigenvalue weighted by molar-refractivity contribution is -0.0549. The molecule has 0 unspecified atom stereocenters. The van der Waals surface area contributed by atoms with Crippen LogP contribution >= 0.6 is 34.8 Å². The van der Waals surface area contributed by atoms with Crippen molar-refractivity contribution in [2.24, 2.45) is 7.05 Å². The topological polar surface area (TPSA) is 111 Å². The number of carboxylic acids is 1. The Labute approximate surface area is 268 Å². The number of ether oxygens (including phenoxy) is 1. The van der Waals surface area contributed by atoms with E-state index in [-0.39, 0.29) is 18.2 Å². The summed E-state index contributed by atoms with van der Waals surface area (Å²) in [6.07, 6.45) is 3.01. The monoisotopic (exact) mass is 651 g/mol. The Kier molecular flexibility index (Phi) is 7.16. The van der Waals surface area contributed by atoms with Gasteiger partial charge in [-0.2, -0.15) is 5.10 Å². The molecular weight excluding hydrogens is 625 g/mol. The van der Waals surface area contributed by atoms with E-state index in [0.717, 1.165) is 40.8 Å². The zero-order valence-corrected chi connectivity index (χ0v) is 26.2. The minimum atomic E-state index is -1.09. The van der Waals surface area contributed by atoms with Gasteiger partial charge in [0.25, 0.3) is 0 Å². The fraction of sp³-hybridized carbons (Fsp3) is 0.303. The average Bonchev–Trinajstić information content (AvgIpc) is 3.66. The number of carboxylic acid groups (broad SMARTS) is 1. The lowest BCUT2D eigenvalue weighted by Crippen LogP contribution is -2.40. The van der Waals surface area contributed by atoms with Crippen LogP contribution in [-0.2, 0) is 19.3 Å². The van der Waals surface area contributed by atoms with E-state index in [2.05, 4.69) is 10.3 Å². The summed E-state index contributed by atoms with van der Waals surface area (Å²) in [5, 5.41) is 31.4. The van der Waals surface area contributed by atoms with Gasteiger partial charge in [-0.1, -0.05) is 64.2 Å². The number of hydrogen-bond donors (Lipinski definition) is 2. The molecule has 2 fully saturated rings. The van der Waals surface area contributed by atoms with E-state index in [0.29, 0.717) is 61.8 Å². The Bertz CT molecular complexity index is 1960. The van der Waals surface area contributed by atoms with Gasteiger partial charge < -0.3 is 19.5 Å². The molecule has 2 aliphatic rings. The Morgan fingerprint density at radius 1 is 1.07 bits per heavy atom. The van der Waals surface area contributed by atoms with Gasteiger partial charge in [0, 0.05) is 29.5 Å². The van der Waals surface area contributed by atoms with Crippen molar-refractivity contribution in [3.05, 3.63) is 97.3 Å². The van der Waals surface area contributed by atoms with Crippen LogP contribution < -0.4 is 4.74 Å². The fourth-order valence-electron chi connectivity index (χ4n) is 6.21. The molecule has 11 heteroatoms. The second kappa shape index (κ2) is 10.8. The number of benzene rings is 3. The number of nitrogens with zero attached hydrogens (tertiary/aromatic N) is 3. The third-order valence-corrected chi connectivity index (χ3v) is 9.95. The highest BCUT2D eigenvalue weighted by Crippen LogP contribution is 2.53. The number of aromatic nitrogens is 3. The third-order valence-electron chi connectivity index (χ3n) is 8.83. The highest BCUT2D eigenvalue weighted by Gasteiger charge is 2.46. The first kappa shape index (κ1) is 29.2. The minimum absolute atomic E-state index is 0.0278. The summed E-state index contributed by atoms with van der Waals surface area (Å²) >= 11 is 19.9. The number of fused-ring (bicyclic) bond motifs is 1. The Balaban J connectivity index is 1.09. The average molecular weight is 653 g/mol. The lowest BCUT2D eigenvalue weighted by atomic mass is 9.65. The van der Waals surface area contributed by atoms with Gasteiger partial charge >= 0.3 is 5.97 Å². The maximum atomic E-state index is 11.5. The summed E-state index contributed by atoms with van der Waals surface area (Å²) < 4.78 is 13.5. The zero-order chi connectivity index (χ0) is 30.9. The number of aryl methyl sites for hydroxylation is 2. The van der Waals surface area contributed by atoms with Crippen molar-refractivity contribution in [1.29, 1.82) is 0 Å². The molecule has 0 radical (unpaired) electrons. The molecule has 44 heavy (non-hydrogen) atoms. The van der Waals surface area contributed by atoms with E-state index in [1.165, 1.54) is 0 Å². The zero-order valence-electron chi connectivity index (χ0n) is 23.9. The molecule has 226 valence electrons. The largest absolute Gasteiger partial charge is 0.489 e. The minimum Gasteiger partial charge on any atom is -0.489 e. The molecule has 8 nitrogen and oxygen atoms in total. The van der Waals surface area contributed by atoms with Crippen LogP contribution in [0.15, 0.2) is 53.1 Å². The molecule has 7 rings (SSSR count). The Morgan fingerprint density at radius 2 is 1.84 bits per heavy atom. The van der Waals surface area contributed by atoms with Gasteiger partial charge in [-0.15, -0.1) is 0 Å². The standard InChI is InChI=1S/C33H28Cl3N3O5/c1-16-3-10-24(34)27(28(16)36)29-22(31(44-38-29)17-4-5-17)15-43-20-7-9-23(25(35)12-20)33(42)13-19(14-33)18-6-8-21-26(11-18)39(2)37-30(21)32(40)41/h3,6-12,17,19,42H,4-5,13-15H2,1-2H3,(H,40,41). The summed E-state index contributed by atoms with van der Waals surface area (Å²) in [5.74, 6) is 0.655. The van der Waals surface area contributed by atoms with Gasteiger partial charge in [0.1, 0.15) is 23.8 Å². The Hall–Kier alpha value is -3.56. The van der Waals surface area contributed by atoms with Crippen LogP contribution in [0.5, 0.6) is 5.75 Å². The van der Waals surface area contributed by atoms with Crippen molar-refractivity contribution < 1.29 is 24.3 Å². The predicted octanol–water partition coefficient (Wildman–Crippen LogP) is 8.42. The number of rotatable bonds is 8. The molecule has 5 aromatic rings. The molecule has 3 aromatic carbocycles. The number of aromatic carboxylic acids is 1. The molecule has 0 atom stereocenters. The van der Waals surface area contributed by atoms with Crippen molar-refractivity contribution in [2.75, 3.05) is 0 Å². The van der Waals surface area contributed by atoms with Gasteiger partial charge in [0.15, 0.2) is 5.69 Å². The van der Waals surface area contributed by atoms with Crippen molar-refractivity contribution >= 4 is 51.7 Å². The van der Waals surface area contributed by atoms with Gasteiger partial charge in [-0.05, 0) is 73.9 Å². The van der Waals surface area contributed by atoms with Gasteiger partial charge in [-0.25, -0.2) is 4.79 Å². The normalized spacial score (nSPS) is 19.7. The fourth-order valence-corrected chi connectivity index (χ4v) is 7.11. The quantitative estimate of drug-likeness (QED) is 0.173. The number of hydrogen-bond acceptors (Lipinski definition) is 6. The first-order chi connectivity index (χ1) is 21.0. The van der Waals surface area contributed by atoms with Crippen LogP contribution in [-0.4, -0.2) is 31.1 Å². The molecule has 2 aromatic heterocycles. The summed E-state index contributed by atoms with van der Waals surface area (Å²) in [6.45, 7) is 2.10. The van der Waals surface area contributed by atoms with Gasteiger partial charge in [0.2, 0.25) is 0 Å². The van der Waals surface area contributed by atoms with Crippen molar-refractivity contribution in [3.63, 3.8) is 0 Å². The van der Waals surface area contributed by atoms with Crippen molar-refractivity contribution in [1.82, 2.24) is 14.9 Å². The van der Waals surface area contributed by atoms with Crippen LogP contribution in [0.2, 0.25) is 15.1 Å². The molecule has 2 saturated carbocycles. The van der Waals surface area contributed by atoms with E-state index in [9.17, 15) is 15.0 Å². The van der Waals surface area contributed by atoms with E-state index in [1.54, 1.807) is 36.0 Å². The van der Waals surface area contributed by atoms with E-state index < -0.39 is 11.6 Å². The van der Waals surface area contributed by atoms with Crippen LogP contribution in [0.25, 0.3) is 22.2 Å². The van der Waals surface area contributed by atoms with E-state index in [4.69, 9.17) is 44.1 Å². The predicted molar refractivity (Wildman–Crippen MR) is 168 cm³/mol. The van der Waals surface area contributed by atoms with Crippen LogP contribution in [0.4, 0.5) is 0 Å². The van der Waals surface area contributed by atoms with Gasteiger partial charge in [-0.3, -0.25) is 4.68 Å². The highest BCUT2D eigenvalue weighted by molar-refractivity contribution is 6.39. The second-order valence-corrected chi connectivity index (χ2v) is 13.0. The summed E-state index contributed by atoms with van der Waals surface area (Å²) in [4.78, 5) is 11.5. The smallest absolute Gasteiger partial charge is 0.357 e. The van der Waals surface area contributed by atoms with Gasteiger partial charge in [0.05, 0.1) is 31.7 Å². The molecule has 0 aliphatic heterocycles. The highest BCUT2D eigenvalue weighted by atomic mass is 35.5. The second-order valence-electron chi connectivity index (χ2n) is 11.8. The molecule has 0 spiro atoms. The van der Waals surface area contributed by atoms with Crippen molar-refractivity contribution in [2.45, 2.75) is 56.7 Å². The van der Waals surface area contributed by atoms with E-state index >= 15 is 0 Å². The molecule has 0 saturated heterocycles. The number of carbonyl (C=O) groups is 1. The Morgan fingerprint density at radius 3 is 2.55 bits per heavy atom. The molecule has 0 amide bonds. The van der Waals surface area contributed by atoms with Crippen molar-refractivity contribution in [3.8, 4) is 17.0 Å². The molecule has 0 bridgehead atoms. The molecule has 2 N–H and O–H groups in total. The van der Waals surface area contributed by atoms with Crippen LogP contribution in [0.1, 0.15) is 76.0 Å². The summed E-state index contributed by atoms with van der Waals surface area (Å²) in [7, 11) is 1.72. The van der Waals surface area contributed by atoms with Crippen LogP contribution in [0, 0.1) is 6.92 Å². The molecular formula is C33H28Cl3N3O5. The maximum absolute atomic E-state index is 11.5. The first-order valence-corrected chi connectivity index (χ1v) is 15.5. The number of aliphatic hydroxyl groups is 1. The summed E-state index contributed by atoms with van der Waals surface area (Å²) in [6, 6.07) is 14.6. The molecule has 2 heterocycles.